The molecule has 0 unspecified atom stereocenters. The number of amides is 2. The summed E-state index contributed by atoms with van der Waals surface area (Å²) in [5.74, 6) is -2.40. The summed E-state index contributed by atoms with van der Waals surface area (Å²) < 4.78 is 20.1. The van der Waals surface area contributed by atoms with E-state index in [0.29, 0.717) is 13.0 Å². The average Bonchev–Trinajstić information content (AvgIpc) is 3.27. The van der Waals surface area contributed by atoms with Crippen molar-refractivity contribution in [1.29, 1.82) is 0 Å². The van der Waals surface area contributed by atoms with Crippen LogP contribution in [-0.4, -0.2) is 80.3 Å². The van der Waals surface area contributed by atoms with E-state index in [1.807, 2.05) is 13.8 Å². The second kappa shape index (κ2) is 12.0. The van der Waals surface area contributed by atoms with E-state index in [4.69, 9.17) is 14.2 Å². The molecule has 1 aliphatic heterocycles. The average molecular weight is 468 g/mol. The van der Waals surface area contributed by atoms with Gasteiger partial charge in [-0.3, -0.25) is 19.2 Å². The Bertz CT molecular complexity index is 820. The van der Waals surface area contributed by atoms with Gasteiger partial charge in [0.1, 0.15) is 17.9 Å². The molecule has 2 amide bonds. The lowest BCUT2D eigenvalue weighted by Crippen LogP contribution is -2.50. The molecule has 0 aliphatic carbocycles. The number of hydrogen-bond acceptors (Lipinski definition) is 9. The highest BCUT2D eigenvalue weighted by Gasteiger charge is 2.50. The Labute approximate surface area is 192 Å². The van der Waals surface area contributed by atoms with Gasteiger partial charge in [-0.2, -0.15) is 0 Å². The molecule has 2 N–H and O–H groups in total. The van der Waals surface area contributed by atoms with Gasteiger partial charge in [-0.25, -0.2) is 0 Å². The van der Waals surface area contributed by atoms with Gasteiger partial charge in [0.25, 0.3) is 5.91 Å². The Kier molecular flexibility index (Phi) is 9.69. The quantitative estimate of drug-likeness (QED) is 0.352. The molecule has 0 radical (unpaired) electrons. The van der Waals surface area contributed by atoms with Crippen molar-refractivity contribution in [3.8, 4) is 0 Å². The van der Waals surface area contributed by atoms with Crippen molar-refractivity contribution < 1.29 is 37.9 Å². The lowest BCUT2D eigenvalue weighted by atomic mass is 9.92. The third-order valence-corrected chi connectivity index (χ3v) is 5.32. The summed E-state index contributed by atoms with van der Waals surface area (Å²) in [6.45, 7) is 5.79. The zero-order valence-electron chi connectivity index (χ0n) is 19.7. The molecule has 4 atom stereocenters. The fraction of sp³-hybridized carbons (Fsp3) is 0.682. The van der Waals surface area contributed by atoms with Crippen molar-refractivity contribution >= 4 is 23.4 Å². The minimum atomic E-state index is -1.00. The normalized spacial score (nSPS) is 20.1. The van der Waals surface area contributed by atoms with E-state index in [1.165, 1.54) is 26.5 Å². The second-order valence-corrected chi connectivity index (χ2v) is 8.76. The van der Waals surface area contributed by atoms with Crippen molar-refractivity contribution in [2.75, 3.05) is 34.0 Å². The molecule has 33 heavy (non-hydrogen) atoms. The van der Waals surface area contributed by atoms with Crippen LogP contribution in [0.5, 0.6) is 0 Å². The predicted molar refractivity (Wildman–Crippen MR) is 115 cm³/mol. The molecule has 2 rings (SSSR count). The third-order valence-electron chi connectivity index (χ3n) is 5.32. The maximum atomic E-state index is 13.0. The first-order chi connectivity index (χ1) is 15.6. The van der Waals surface area contributed by atoms with Crippen molar-refractivity contribution in [2.45, 2.75) is 51.3 Å². The van der Waals surface area contributed by atoms with Crippen LogP contribution in [0.3, 0.4) is 0 Å². The summed E-state index contributed by atoms with van der Waals surface area (Å²) in [5, 5.41) is 8.86. The van der Waals surface area contributed by atoms with Gasteiger partial charge >= 0.3 is 0 Å². The van der Waals surface area contributed by atoms with E-state index in [9.17, 15) is 19.2 Å². The van der Waals surface area contributed by atoms with Gasteiger partial charge in [-0.05, 0) is 19.3 Å². The predicted octanol–water partition coefficient (Wildman–Crippen LogP) is 0.530. The number of methoxy groups -OCH3 is 2. The highest BCUT2D eigenvalue weighted by atomic mass is 16.6. The zero-order valence-corrected chi connectivity index (χ0v) is 19.7. The van der Waals surface area contributed by atoms with Gasteiger partial charge < -0.3 is 29.4 Å². The molecule has 0 bridgehead atoms. The zero-order chi connectivity index (χ0) is 24.6. The summed E-state index contributed by atoms with van der Waals surface area (Å²) in [7, 11) is 2.81. The number of ether oxygens (including phenoxy) is 3. The smallest absolute Gasteiger partial charge is 0.274 e. The van der Waals surface area contributed by atoms with Crippen LogP contribution >= 0.6 is 0 Å². The Morgan fingerprint density at radius 1 is 1.12 bits per heavy atom. The van der Waals surface area contributed by atoms with Crippen LogP contribution in [0.15, 0.2) is 16.9 Å². The number of hydrogen-bond donors (Lipinski definition) is 2. The fourth-order valence-corrected chi connectivity index (χ4v) is 3.37. The van der Waals surface area contributed by atoms with E-state index in [0.717, 1.165) is 0 Å². The topological polar surface area (TPSA) is 149 Å². The molecule has 11 nitrogen and oxygen atoms in total. The summed E-state index contributed by atoms with van der Waals surface area (Å²) in [4.78, 5) is 51.0. The van der Waals surface area contributed by atoms with E-state index < -0.39 is 41.2 Å². The summed E-state index contributed by atoms with van der Waals surface area (Å²) >= 11 is 0. The van der Waals surface area contributed by atoms with Gasteiger partial charge in [-0.1, -0.05) is 19.0 Å². The van der Waals surface area contributed by atoms with Crippen molar-refractivity contribution in [1.82, 2.24) is 15.8 Å². The lowest BCUT2D eigenvalue weighted by molar-refractivity contribution is -0.135. The largest absolute Gasteiger partial charge is 0.384 e. The molecular formula is C22H33N3O8. The first kappa shape index (κ1) is 26.6. The van der Waals surface area contributed by atoms with Crippen LogP contribution in [-0.2, 0) is 28.6 Å². The molecule has 1 saturated heterocycles. The maximum Gasteiger partial charge on any atom is 0.274 e. The van der Waals surface area contributed by atoms with E-state index in [1.54, 1.807) is 6.92 Å². The standard InChI is InChI=1S/C22H33N3O8/c1-13(2)8-16(19(27)22(3)12-32-22)23-20(28)14(10-30-4)9-18(26)17(11-31-5)24-21(29)15-6-7-33-25-15/h6-7,13-14,16-17H,8-12H2,1-5H3,(H,23,28)(H,24,29)/t14-,16-,17-,22+/m0/s1. The molecule has 1 aliphatic rings. The number of aromatic nitrogens is 1. The first-order valence-corrected chi connectivity index (χ1v) is 10.8. The van der Waals surface area contributed by atoms with Crippen LogP contribution < -0.4 is 10.6 Å². The van der Waals surface area contributed by atoms with Crippen molar-refractivity contribution in [3.05, 3.63) is 18.0 Å². The molecular weight excluding hydrogens is 434 g/mol. The van der Waals surface area contributed by atoms with Crippen LogP contribution in [0.2, 0.25) is 0 Å². The lowest BCUT2D eigenvalue weighted by Gasteiger charge is -2.25. The van der Waals surface area contributed by atoms with Gasteiger partial charge in [-0.15, -0.1) is 0 Å². The van der Waals surface area contributed by atoms with E-state index in [-0.39, 0.29) is 37.0 Å². The molecule has 11 heteroatoms. The highest BCUT2D eigenvalue weighted by molar-refractivity contribution is 5.99. The fourth-order valence-electron chi connectivity index (χ4n) is 3.37. The number of carbonyl (C=O) groups is 4. The minimum Gasteiger partial charge on any atom is -0.384 e. The van der Waals surface area contributed by atoms with Crippen LogP contribution in [0.25, 0.3) is 0 Å². The summed E-state index contributed by atoms with van der Waals surface area (Å²) in [6.07, 6.45) is 1.46. The van der Waals surface area contributed by atoms with Crippen molar-refractivity contribution in [2.24, 2.45) is 11.8 Å². The Balaban J connectivity index is 2.07. The number of nitrogens with zero attached hydrogens (tertiary/aromatic N) is 1. The SMILES string of the molecule is COC[C@H](CC(=O)[C@H](COC)NC(=O)c1ccon1)C(=O)N[C@@H](CC(C)C)C(=O)[C@@]1(C)CO1. The first-order valence-electron chi connectivity index (χ1n) is 10.8. The van der Waals surface area contributed by atoms with Crippen LogP contribution in [0.4, 0.5) is 0 Å². The molecule has 1 fully saturated rings. The molecule has 184 valence electrons. The van der Waals surface area contributed by atoms with Gasteiger partial charge in [0.2, 0.25) is 5.91 Å². The van der Waals surface area contributed by atoms with Crippen LogP contribution in [0.1, 0.15) is 44.1 Å². The highest BCUT2D eigenvalue weighted by Crippen LogP contribution is 2.29. The Morgan fingerprint density at radius 3 is 2.30 bits per heavy atom. The summed E-state index contributed by atoms with van der Waals surface area (Å²) in [5.41, 5.74) is -0.866. The molecule has 0 spiro atoms. The number of nitrogens with one attached hydrogen (secondary N) is 2. The molecule has 0 saturated carbocycles. The number of rotatable bonds is 15. The Hall–Kier alpha value is -2.63. The molecule has 0 aromatic carbocycles. The molecule has 1 aromatic rings. The van der Waals surface area contributed by atoms with Gasteiger partial charge in [0.05, 0.1) is 31.8 Å². The van der Waals surface area contributed by atoms with E-state index in [2.05, 4.69) is 20.3 Å². The molecule has 2 heterocycles. The minimum absolute atomic E-state index is 0.0147. The van der Waals surface area contributed by atoms with Crippen molar-refractivity contribution in [3.63, 3.8) is 0 Å². The second-order valence-electron chi connectivity index (χ2n) is 8.76. The number of ketones is 2. The van der Waals surface area contributed by atoms with Gasteiger partial charge in [0, 0.05) is 26.7 Å². The number of epoxide rings is 1. The Morgan fingerprint density at radius 2 is 1.79 bits per heavy atom. The van der Waals surface area contributed by atoms with Crippen LogP contribution in [0, 0.1) is 11.8 Å². The number of Topliss-reactive ketones (excluding diaryl/α,β-unsaturated/α-hetero) is 2. The third kappa shape index (κ3) is 7.72. The van der Waals surface area contributed by atoms with E-state index >= 15 is 0 Å². The molecule has 1 aromatic heterocycles. The number of carbonyl (C=O) groups excluding carboxylic acids is 4. The summed E-state index contributed by atoms with van der Waals surface area (Å²) in [6, 6.07) is -0.375. The monoisotopic (exact) mass is 467 g/mol. The maximum absolute atomic E-state index is 13.0. The van der Waals surface area contributed by atoms with Gasteiger partial charge in [0.15, 0.2) is 17.3 Å².